The van der Waals surface area contributed by atoms with Gasteiger partial charge in [0.2, 0.25) is 5.89 Å². The quantitative estimate of drug-likeness (QED) is 0.728. The molecule has 3 aromatic heterocycles. The number of nitrogens with zero attached hydrogens (tertiary/aromatic N) is 4. The van der Waals surface area contributed by atoms with E-state index in [1.165, 1.54) is 0 Å². The Morgan fingerprint density at radius 1 is 1.24 bits per heavy atom. The maximum atomic E-state index is 13.0. The maximum Gasteiger partial charge on any atom is 0.290 e. The van der Waals surface area contributed by atoms with Crippen LogP contribution in [0.5, 0.6) is 0 Å². The van der Waals surface area contributed by atoms with E-state index in [-0.39, 0.29) is 11.9 Å². The van der Waals surface area contributed by atoms with E-state index in [0.29, 0.717) is 41.0 Å². The third-order valence-electron chi connectivity index (χ3n) is 4.92. The number of carbonyl (C=O) groups excluding carboxylic acids is 1. The van der Waals surface area contributed by atoms with Crippen LogP contribution >= 0.6 is 0 Å². The minimum Gasteiger partial charge on any atom is -0.449 e. The zero-order valence-corrected chi connectivity index (χ0v) is 13.9. The van der Waals surface area contributed by atoms with Crippen LogP contribution in [-0.2, 0) is 0 Å². The van der Waals surface area contributed by atoms with Gasteiger partial charge in [-0.05, 0) is 44.7 Å². The molecule has 7 heteroatoms. The first kappa shape index (κ1) is 14.6. The average molecular weight is 338 g/mol. The summed E-state index contributed by atoms with van der Waals surface area (Å²) in [6.07, 6.45) is 3.98. The second-order valence-electron chi connectivity index (χ2n) is 6.87. The molecule has 5 rings (SSSR count). The molecule has 1 amide bonds. The van der Waals surface area contributed by atoms with E-state index in [9.17, 15) is 4.79 Å². The van der Waals surface area contributed by atoms with E-state index in [1.54, 1.807) is 11.0 Å². The van der Waals surface area contributed by atoms with Crippen LogP contribution in [0.1, 0.15) is 65.6 Å². The molecule has 0 aromatic carbocycles. The van der Waals surface area contributed by atoms with Crippen LogP contribution in [0.2, 0.25) is 0 Å². The molecule has 25 heavy (non-hydrogen) atoms. The summed E-state index contributed by atoms with van der Waals surface area (Å²) in [5.74, 6) is 1.90. The molecular formula is C18H18N4O3. The maximum absolute atomic E-state index is 13.0. The Morgan fingerprint density at radius 2 is 2.12 bits per heavy atom. The second kappa shape index (κ2) is 5.40. The lowest BCUT2D eigenvalue weighted by Gasteiger charge is -2.20. The first-order chi connectivity index (χ1) is 12.2. The van der Waals surface area contributed by atoms with Crippen molar-refractivity contribution < 1.29 is 13.7 Å². The standard InChI is InChI=1S/C18H18N4O3/c1-10-4-7-14-12(19-10)9-15(24-14)18(23)22-8-2-3-13(22)16-20-17(25-21-16)11-5-6-11/h4,7,9,11,13H,2-3,5-6,8H2,1H3/t13-/m0/s1. The van der Waals surface area contributed by atoms with E-state index >= 15 is 0 Å². The van der Waals surface area contributed by atoms with Gasteiger partial charge < -0.3 is 13.8 Å². The van der Waals surface area contributed by atoms with Crippen molar-refractivity contribution in [1.29, 1.82) is 0 Å². The Bertz CT molecular complexity index is 956. The number of amides is 1. The van der Waals surface area contributed by atoms with E-state index in [2.05, 4.69) is 15.1 Å². The third-order valence-corrected chi connectivity index (χ3v) is 4.92. The summed E-state index contributed by atoms with van der Waals surface area (Å²) in [6.45, 7) is 2.58. The summed E-state index contributed by atoms with van der Waals surface area (Å²) in [5, 5.41) is 4.12. The fourth-order valence-corrected chi connectivity index (χ4v) is 3.43. The number of fused-ring (bicyclic) bond motifs is 1. The highest BCUT2D eigenvalue weighted by Crippen LogP contribution is 2.40. The number of furan rings is 1. The van der Waals surface area contributed by atoms with Gasteiger partial charge in [-0.15, -0.1) is 0 Å². The SMILES string of the molecule is Cc1ccc2oc(C(=O)N3CCC[C@H]3c3noc(C4CC4)n3)cc2n1. The van der Waals surface area contributed by atoms with Crippen LogP contribution in [0.15, 0.2) is 27.1 Å². The van der Waals surface area contributed by atoms with Crippen molar-refractivity contribution in [2.45, 2.75) is 44.6 Å². The predicted octanol–water partition coefficient (Wildman–Crippen LogP) is 3.37. The smallest absolute Gasteiger partial charge is 0.290 e. The van der Waals surface area contributed by atoms with Gasteiger partial charge in [-0.3, -0.25) is 4.79 Å². The average Bonchev–Trinajstić information content (AvgIpc) is 3.04. The fraction of sp³-hybridized carbons (Fsp3) is 0.444. The fourth-order valence-electron chi connectivity index (χ4n) is 3.43. The number of likely N-dealkylation sites (tertiary alicyclic amines) is 1. The van der Waals surface area contributed by atoms with Crippen LogP contribution in [0.25, 0.3) is 11.1 Å². The monoisotopic (exact) mass is 338 g/mol. The van der Waals surface area contributed by atoms with Crippen molar-refractivity contribution >= 4 is 17.0 Å². The van der Waals surface area contributed by atoms with E-state index < -0.39 is 0 Å². The summed E-state index contributed by atoms with van der Waals surface area (Å²) < 4.78 is 11.1. The lowest BCUT2D eigenvalue weighted by atomic mass is 10.2. The topological polar surface area (TPSA) is 85.3 Å². The molecule has 0 radical (unpaired) electrons. The Balaban J connectivity index is 1.44. The molecule has 3 aromatic rings. The predicted molar refractivity (Wildman–Crippen MR) is 88.0 cm³/mol. The first-order valence-corrected chi connectivity index (χ1v) is 8.71. The Labute approximate surface area is 144 Å². The van der Waals surface area contributed by atoms with Crippen LogP contribution in [0.4, 0.5) is 0 Å². The third kappa shape index (κ3) is 2.50. The van der Waals surface area contributed by atoms with Gasteiger partial charge in [-0.2, -0.15) is 4.98 Å². The van der Waals surface area contributed by atoms with Crippen molar-refractivity contribution in [3.05, 3.63) is 41.4 Å². The molecule has 2 fully saturated rings. The van der Waals surface area contributed by atoms with Gasteiger partial charge >= 0.3 is 0 Å². The van der Waals surface area contributed by atoms with Crippen LogP contribution < -0.4 is 0 Å². The first-order valence-electron chi connectivity index (χ1n) is 8.71. The minimum atomic E-state index is -0.147. The highest BCUT2D eigenvalue weighted by Gasteiger charge is 2.37. The number of aryl methyl sites for hydroxylation is 1. The van der Waals surface area contributed by atoms with Gasteiger partial charge in [0.15, 0.2) is 17.2 Å². The molecule has 0 spiro atoms. The zero-order valence-electron chi connectivity index (χ0n) is 13.9. The highest BCUT2D eigenvalue weighted by atomic mass is 16.5. The molecule has 4 heterocycles. The molecule has 1 atom stereocenters. The van der Waals surface area contributed by atoms with Gasteiger partial charge in [0.25, 0.3) is 5.91 Å². The van der Waals surface area contributed by atoms with Crippen LogP contribution in [-0.4, -0.2) is 32.5 Å². The number of carbonyl (C=O) groups is 1. The Morgan fingerprint density at radius 3 is 2.96 bits per heavy atom. The lowest BCUT2D eigenvalue weighted by molar-refractivity contribution is 0.0698. The highest BCUT2D eigenvalue weighted by molar-refractivity contribution is 5.95. The number of hydrogen-bond acceptors (Lipinski definition) is 6. The van der Waals surface area contributed by atoms with Crippen molar-refractivity contribution in [1.82, 2.24) is 20.0 Å². The summed E-state index contributed by atoms with van der Waals surface area (Å²) in [5.41, 5.74) is 2.22. The van der Waals surface area contributed by atoms with Gasteiger partial charge in [-0.1, -0.05) is 5.16 Å². The summed E-state index contributed by atoms with van der Waals surface area (Å²) in [4.78, 5) is 23.7. The Hall–Kier alpha value is -2.70. The van der Waals surface area contributed by atoms with Gasteiger partial charge in [0.05, 0.1) is 6.04 Å². The van der Waals surface area contributed by atoms with Gasteiger partial charge in [-0.25, -0.2) is 4.98 Å². The van der Waals surface area contributed by atoms with Crippen molar-refractivity contribution in [3.8, 4) is 0 Å². The van der Waals surface area contributed by atoms with E-state index in [0.717, 1.165) is 31.4 Å². The largest absolute Gasteiger partial charge is 0.449 e. The normalized spacial score (nSPS) is 20.5. The second-order valence-corrected chi connectivity index (χ2v) is 6.87. The molecule has 1 aliphatic heterocycles. The van der Waals surface area contributed by atoms with Crippen molar-refractivity contribution in [2.24, 2.45) is 0 Å². The molecule has 0 N–H and O–H groups in total. The molecule has 0 unspecified atom stereocenters. The van der Waals surface area contributed by atoms with Crippen molar-refractivity contribution in [3.63, 3.8) is 0 Å². The number of aromatic nitrogens is 3. The minimum absolute atomic E-state index is 0.143. The van der Waals surface area contributed by atoms with Crippen LogP contribution in [0, 0.1) is 6.92 Å². The number of rotatable bonds is 3. The summed E-state index contributed by atoms with van der Waals surface area (Å²) in [7, 11) is 0. The van der Waals surface area contributed by atoms with Crippen LogP contribution in [0.3, 0.4) is 0 Å². The lowest BCUT2D eigenvalue weighted by Crippen LogP contribution is -2.30. The molecule has 1 saturated carbocycles. The molecule has 2 aliphatic rings. The molecule has 0 bridgehead atoms. The summed E-state index contributed by atoms with van der Waals surface area (Å²) in [6, 6.07) is 5.28. The zero-order chi connectivity index (χ0) is 17.0. The molecule has 128 valence electrons. The van der Waals surface area contributed by atoms with Gasteiger partial charge in [0.1, 0.15) is 5.52 Å². The van der Waals surface area contributed by atoms with Gasteiger partial charge in [0, 0.05) is 24.2 Å². The Kier molecular flexibility index (Phi) is 3.16. The molecule has 1 aliphatic carbocycles. The van der Waals surface area contributed by atoms with Crippen molar-refractivity contribution in [2.75, 3.05) is 6.54 Å². The van der Waals surface area contributed by atoms with E-state index in [1.807, 2.05) is 19.1 Å². The van der Waals surface area contributed by atoms with E-state index in [4.69, 9.17) is 8.94 Å². The number of hydrogen-bond donors (Lipinski definition) is 0. The molecule has 7 nitrogen and oxygen atoms in total. The molecular weight excluding hydrogens is 320 g/mol. The molecule has 1 saturated heterocycles. The number of pyridine rings is 1. The summed E-state index contributed by atoms with van der Waals surface area (Å²) >= 11 is 0.